The van der Waals surface area contributed by atoms with Crippen LogP contribution in [0.15, 0.2) is 24.3 Å². The molecular formula is C13H13FN2O. The third kappa shape index (κ3) is 2.62. The molecule has 1 heterocycles. The smallest absolute Gasteiger partial charge is 0.253 e. The van der Waals surface area contributed by atoms with Crippen molar-refractivity contribution in [2.45, 2.75) is 12.8 Å². The van der Waals surface area contributed by atoms with Gasteiger partial charge in [-0.3, -0.25) is 4.79 Å². The van der Waals surface area contributed by atoms with Crippen LogP contribution in [0.25, 0.3) is 0 Å². The van der Waals surface area contributed by atoms with E-state index >= 15 is 0 Å². The van der Waals surface area contributed by atoms with Crippen molar-refractivity contribution in [3.8, 4) is 6.07 Å². The standard InChI is InChI=1S/C13H13FN2O/c14-12-5-3-11(4-6-12)13(17)16-7-1-2-10(8-15)9-16/h3-6,10H,1-2,7,9H2/t10-/m1/s1. The van der Waals surface area contributed by atoms with E-state index in [1.54, 1.807) is 4.90 Å². The van der Waals surface area contributed by atoms with E-state index < -0.39 is 0 Å². The summed E-state index contributed by atoms with van der Waals surface area (Å²) in [5, 5.41) is 8.86. The molecule has 1 saturated heterocycles. The maximum atomic E-state index is 12.7. The fourth-order valence-corrected chi connectivity index (χ4v) is 2.04. The van der Waals surface area contributed by atoms with Crippen molar-refractivity contribution in [3.05, 3.63) is 35.6 Å². The minimum Gasteiger partial charge on any atom is -0.337 e. The van der Waals surface area contributed by atoms with Crippen molar-refractivity contribution in [2.24, 2.45) is 5.92 Å². The van der Waals surface area contributed by atoms with Crippen LogP contribution in [0, 0.1) is 23.1 Å². The number of hydrogen-bond donors (Lipinski definition) is 0. The van der Waals surface area contributed by atoms with Gasteiger partial charge in [0.25, 0.3) is 5.91 Å². The number of amides is 1. The summed E-state index contributed by atoms with van der Waals surface area (Å²) in [7, 11) is 0. The average Bonchev–Trinajstić information content (AvgIpc) is 2.39. The number of carbonyl (C=O) groups excluding carboxylic acids is 1. The van der Waals surface area contributed by atoms with Crippen LogP contribution in [0.5, 0.6) is 0 Å². The number of carbonyl (C=O) groups is 1. The van der Waals surface area contributed by atoms with E-state index in [1.165, 1.54) is 24.3 Å². The lowest BCUT2D eigenvalue weighted by Crippen LogP contribution is -2.39. The van der Waals surface area contributed by atoms with Gasteiger partial charge in [0, 0.05) is 18.7 Å². The molecule has 1 amide bonds. The minimum atomic E-state index is -0.352. The summed E-state index contributed by atoms with van der Waals surface area (Å²) < 4.78 is 12.7. The summed E-state index contributed by atoms with van der Waals surface area (Å²) in [6.45, 7) is 1.15. The van der Waals surface area contributed by atoms with Gasteiger partial charge in [-0.05, 0) is 37.1 Å². The highest BCUT2D eigenvalue weighted by molar-refractivity contribution is 5.94. The molecule has 0 radical (unpaired) electrons. The van der Waals surface area contributed by atoms with Crippen LogP contribution in [0.1, 0.15) is 23.2 Å². The molecule has 4 heteroatoms. The van der Waals surface area contributed by atoms with Crippen LogP contribution in [-0.2, 0) is 0 Å². The SMILES string of the molecule is N#C[C@H]1CCCN(C(=O)c2ccc(F)cc2)C1. The molecule has 0 aliphatic carbocycles. The molecule has 17 heavy (non-hydrogen) atoms. The van der Waals surface area contributed by atoms with E-state index in [0.29, 0.717) is 18.7 Å². The van der Waals surface area contributed by atoms with E-state index in [4.69, 9.17) is 5.26 Å². The van der Waals surface area contributed by atoms with Crippen LogP contribution in [0.4, 0.5) is 4.39 Å². The third-order valence-electron chi connectivity index (χ3n) is 2.98. The number of piperidine rings is 1. The molecule has 0 spiro atoms. The summed E-state index contributed by atoms with van der Waals surface area (Å²) in [5.41, 5.74) is 0.477. The second-order valence-corrected chi connectivity index (χ2v) is 4.23. The Morgan fingerprint density at radius 1 is 1.41 bits per heavy atom. The molecule has 1 aliphatic rings. The Hall–Kier alpha value is -1.89. The molecule has 1 aromatic carbocycles. The Kier molecular flexibility index (Phi) is 3.38. The molecule has 1 aromatic rings. The molecule has 0 N–H and O–H groups in total. The van der Waals surface area contributed by atoms with Crippen molar-refractivity contribution in [1.82, 2.24) is 4.90 Å². The lowest BCUT2D eigenvalue weighted by atomic mass is 9.99. The number of halogens is 1. The number of rotatable bonds is 1. The molecule has 0 saturated carbocycles. The van der Waals surface area contributed by atoms with E-state index in [-0.39, 0.29) is 17.6 Å². The van der Waals surface area contributed by atoms with E-state index in [9.17, 15) is 9.18 Å². The predicted octanol–water partition coefficient (Wildman–Crippen LogP) is 2.20. The van der Waals surface area contributed by atoms with Gasteiger partial charge in [-0.1, -0.05) is 0 Å². The quantitative estimate of drug-likeness (QED) is 0.745. The van der Waals surface area contributed by atoms with Gasteiger partial charge in [0.15, 0.2) is 0 Å². The van der Waals surface area contributed by atoms with Gasteiger partial charge in [-0.2, -0.15) is 5.26 Å². The van der Waals surface area contributed by atoms with Crippen molar-refractivity contribution in [3.63, 3.8) is 0 Å². The normalized spacial score (nSPS) is 19.8. The molecule has 0 bridgehead atoms. The molecule has 0 aromatic heterocycles. The second kappa shape index (κ2) is 4.96. The Bertz CT molecular complexity index is 449. The maximum Gasteiger partial charge on any atom is 0.253 e. The molecule has 1 fully saturated rings. The summed E-state index contributed by atoms with van der Waals surface area (Å²) >= 11 is 0. The van der Waals surface area contributed by atoms with E-state index in [1.807, 2.05) is 0 Å². The Morgan fingerprint density at radius 3 is 2.76 bits per heavy atom. The van der Waals surface area contributed by atoms with Crippen LogP contribution in [-0.4, -0.2) is 23.9 Å². The Balaban J connectivity index is 2.09. The third-order valence-corrected chi connectivity index (χ3v) is 2.98. The first-order chi connectivity index (χ1) is 8.20. The molecule has 2 rings (SSSR count). The minimum absolute atomic E-state index is 0.0758. The van der Waals surface area contributed by atoms with Crippen LogP contribution in [0.2, 0.25) is 0 Å². The van der Waals surface area contributed by atoms with Crippen molar-refractivity contribution >= 4 is 5.91 Å². The number of nitrogens with zero attached hydrogens (tertiary/aromatic N) is 2. The van der Waals surface area contributed by atoms with Gasteiger partial charge in [-0.15, -0.1) is 0 Å². The Labute approximate surface area is 99.5 Å². The Morgan fingerprint density at radius 2 is 2.12 bits per heavy atom. The lowest BCUT2D eigenvalue weighted by molar-refractivity contribution is 0.0698. The zero-order valence-electron chi connectivity index (χ0n) is 9.40. The fraction of sp³-hybridized carbons (Fsp3) is 0.385. The van der Waals surface area contributed by atoms with Crippen molar-refractivity contribution < 1.29 is 9.18 Å². The van der Waals surface area contributed by atoms with Crippen molar-refractivity contribution in [2.75, 3.05) is 13.1 Å². The van der Waals surface area contributed by atoms with Gasteiger partial charge in [0.05, 0.1) is 12.0 Å². The molecular weight excluding hydrogens is 219 g/mol. The first-order valence-corrected chi connectivity index (χ1v) is 5.65. The molecule has 1 aliphatic heterocycles. The monoisotopic (exact) mass is 232 g/mol. The topological polar surface area (TPSA) is 44.1 Å². The number of likely N-dealkylation sites (tertiary alicyclic amines) is 1. The number of nitriles is 1. The van der Waals surface area contributed by atoms with E-state index in [0.717, 1.165) is 12.8 Å². The highest BCUT2D eigenvalue weighted by Gasteiger charge is 2.24. The van der Waals surface area contributed by atoms with Gasteiger partial charge in [0.2, 0.25) is 0 Å². The molecule has 0 unspecified atom stereocenters. The van der Waals surface area contributed by atoms with Gasteiger partial charge < -0.3 is 4.90 Å². The first-order valence-electron chi connectivity index (χ1n) is 5.65. The molecule has 88 valence electrons. The highest BCUT2D eigenvalue weighted by atomic mass is 19.1. The number of hydrogen-bond acceptors (Lipinski definition) is 2. The lowest BCUT2D eigenvalue weighted by Gasteiger charge is -2.29. The molecule has 3 nitrogen and oxygen atoms in total. The van der Waals surface area contributed by atoms with Crippen LogP contribution < -0.4 is 0 Å². The first kappa shape index (κ1) is 11.6. The van der Waals surface area contributed by atoms with Crippen LogP contribution in [0.3, 0.4) is 0 Å². The summed E-state index contributed by atoms with van der Waals surface area (Å²) in [5.74, 6) is -0.548. The average molecular weight is 232 g/mol. The maximum absolute atomic E-state index is 12.7. The summed E-state index contributed by atoms with van der Waals surface area (Å²) in [6.07, 6.45) is 1.70. The van der Waals surface area contributed by atoms with Gasteiger partial charge in [-0.25, -0.2) is 4.39 Å². The van der Waals surface area contributed by atoms with Gasteiger partial charge in [0.1, 0.15) is 5.82 Å². The van der Waals surface area contributed by atoms with E-state index in [2.05, 4.69) is 6.07 Å². The zero-order valence-corrected chi connectivity index (χ0v) is 9.40. The van der Waals surface area contributed by atoms with Crippen molar-refractivity contribution in [1.29, 1.82) is 5.26 Å². The fourth-order valence-electron chi connectivity index (χ4n) is 2.04. The zero-order chi connectivity index (χ0) is 12.3. The van der Waals surface area contributed by atoms with Crippen LogP contribution >= 0.6 is 0 Å². The second-order valence-electron chi connectivity index (χ2n) is 4.23. The summed E-state index contributed by atoms with van der Waals surface area (Å²) in [4.78, 5) is 13.7. The largest absolute Gasteiger partial charge is 0.337 e. The summed E-state index contributed by atoms with van der Waals surface area (Å²) in [6, 6.07) is 7.71. The number of benzene rings is 1. The molecule has 1 atom stereocenters. The predicted molar refractivity (Wildman–Crippen MR) is 60.6 cm³/mol. The highest BCUT2D eigenvalue weighted by Crippen LogP contribution is 2.18. The van der Waals surface area contributed by atoms with Gasteiger partial charge >= 0.3 is 0 Å².